The van der Waals surface area contributed by atoms with Gasteiger partial charge in [0.1, 0.15) is 0 Å². The van der Waals surface area contributed by atoms with Crippen molar-refractivity contribution in [1.29, 1.82) is 0 Å². The second kappa shape index (κ2) is 10.2. The predicted molar refractivity (Wildman–Crippen MR) is 181 cm³/mol. The van der Waals surface area contributed by atoms with Crippen LogP contribution in [0.15, 0.2) is 170 Å². The molecule has 0 spiro atoms. The van der Waals surface area contributed by atoms with E-state index in [1.165, 1.54) is 76.8 Å². The Bertz CT molecular complexity index is 2220. The van der Waals surface area contributed by atoms with E-state index in [1.54, 1.807) is 0 Å². The van der Waals surface area contributed by atoms with E-state index in [0.717, 1.165) is 0 Å². The summed E-state index contributed by atoms with van der Waals surface area (Å²) < 4.78 is 0. The maximum absolute atomic E-state index is 2.31. The van der Waals surface area contributed by atoms with Gasteiger partial charge in [-0.15, -0.1) is 0 Å². The summed E-state index contributed by atoms with van der Waals surface area (Å²) in [6.45, 7) is 0. The summed E-state index contributed by atoms with van der Waals surface area (Å²) in [4.78, 5) is 0. The molecule has 0 aliphatic rings. The molecule has 0 aliphatic heterocycles. The molecule has 0 heteroatoms. The van der Waals surface area contributed by atoms with E-state index in [-0.39, 0.29) is 0 Å². The number of fused-ring (bicyclic) bond motifs is 3. The lowest BCUT2D eigenvalue weighted by atomic mass is 9.82. The Morgan fingerprint density at radius 1 is 0.238 bits per heavy atom. The molecule has 0 aliphatic carbocycles. The SMILES string of the molecule is c1ccc(-c2c3ccccc3c(-c3ccccc3)c3c(-c4ccccc4-c4cccc5ccccc45)cccc23)cc1. The highest BCUT2D eigenvalue weighted by molar-refractivity contribution is 6.25. The highest BCUT2D eigenvalue weighted by Gasteiger charge is 2.21. The van der Waals surface area contributed by atoms with Gasteiger partial charge in [-0.05, 0) is 76.8 Å². The van der Waals surface area contributed by atoms with Gasteiger partial charge < -0.3 is 0 Å². The largest absolute Gasteiger partial charge is 0.0622 e. The van der Waals surface area contributed by atoms with Crippen molar-refractivity contribution in [3.8, 4) is 44.5 Å². The topological polar surface area (TPSA) is 0 Å². The zero-order valence-corrected chi connectivity index (χ0v) is 23.2. The van der Waals surface area contributed by atoms with E-state index >= 15 is 0 Å². The van der Waals surface area contributed by atoms with Crippen LogP contribution in [0.25, 0.3) is 76.8 Å². The summed E-state index contributed by atoms with van der Waals surface area (Å²) in [5, 5.41) is 7.62. The molecular weight excluding hydrogens is 504 g/mol. The summed E-state index contributed by atoms with van der Waals surface area (Å²) in [5.74, 6) is 0. The second-order valence-electron chi connectivity index (χ2n) is 10.8. The first-order valence-corrected chi connectivity index (χ1v) is 14.5. The predicted octanol–water partition coefficient (Wildman–Crippen LogP) is 11.8. The van der Waals surface area contributed by atoms with Crippen molar-refractivity contribution in [3.63, 3.8) is 0 Å². The standard InChI is InChI=1S/C42H28/c1-3-16-30(17-4-1)40-37-24-11-12-25-38(37)41(31-18-5-2-6-19-31)42-36(27-14-28-39(40)42)35-23-10-9-22-34(35)33-26-13-20-29-15-7-8-21-32(29)33/h1-28H. The normalized spacial score (nSPS) is 11.3. The number of hydrogen-bond donors (Lipinski definition) is 0. The minimum Gasteiger partial charge on any atom is -0.0622 e. The van der Waals surface area contributed by atoms with E-state index in [2.05, 4.69) is 170 Å². The Kier molecular flexibility index (Phi) is 5.90. The lowest BCUT2D eigenvalue weighted by Crippen LogP contribution is -1.94. The van der Waals surface area contributed by atoms with Gasteiger partial charge in [0.15, 0.2) is 0 Å². The van der Waals surface area contributed by atoms with Crippen LogP contribution in [-0.2, 0) is 0 Å². The average Bonchev–Trinajstić information content (AvgIpc) is 3.07. The summed E-state index contributed by atoms with van der Waals surface area (Å²) in [6.07, 6.45) is 0. The Morgan fingerprint density at radius 3 is 1.38 bits per heavy atom. The molecule has 0 bridgehead atoms. The first-order chi connectivity index (χ1) is 20.9. The molecule has 196 valence electrons. The van der Waals surface area contributed by atoms with Gasteiger partial charge in [0, 0.05) is 0 Å². The van der Waals surface area contributed by atoms with Crippen LogP contribution in [0.5, 0.6) is 0 Å². The minimum atomic E-state index is 1.23. The van der Waals surface area contributed by atoms with Crippen molar-refractivity contribution >= 4 is 32.3 Å². The Balaban J connectivity index is 1.55. The Morgan fingerprint density at radius 2 is 0.667 bits per heavy atom. The van der Waals surface area contributed by atoms with Crippen LogP contribution in [0.2, 0.25) is 0 Å². The molecule has 0 amide bonds. The molecule has 0 N–H and O–H groups in total. The van der Waals surface area contributed by atoms with Crippen molar-refractivity contribution in [3.05, 3.63) is 170 Å². The number of hydrogen-bond acceptors (Lipinski definition) is 0. The van der Waals surface area contributed by atoms with Gasteiger partial charge >= 0.3 is 0 Å². The van der Waals surface area contributed by atoms with Crippen molar-refractivity contribution < 1.29 is 0 Å². The molecule has 0 aromatic heterocycles. The Hall–Kier alpha value is -5.46. The Labute approximate surface area is 246 Å². The third-order valence-corrected chi connectivity index (χ3v) is 8.47. The number of rotatable bonds is 4. The van der Waals surface area contributed by atoms with E-state index in [0.29, 0.717) is 0 Å². The monoisotopic (exact) mass is 532 g/mol. The van der Waals surface area contributed by atoms with Gasteiger partial charge in [-0.25, -0.2) is 0 Å². The maximum atomic E-state index is 2.31. The molecule has 0 radical (unpaired) electrons. The van der Waals surface area contributed by atoms with E-state index < -0.39 is 0 Å². The summed E-state index contributed by atoms with van der Waals surface area (Å²) in [5.41, 5.74) is 10.0. The van der Waals surface area contributed by atoms with Crippen LogP contribution in [-0.4, -0.2) is 0 Å². The van der Waals surface area contributed by atoms with Gasteiger partial charge in [0.25, 0.3) is 0 Å². The number of benzene rings is 8. The van der Waals surface area contributed by atoms with Crippen molar-refractivity contribution in [2.45, 2.75) is 0 Å². The van der Waals surface area contributed by atoms with Crippen LogP contribution in [0.3, 0.4) is 0 Å². The molecule has 8 rings (SSSR count). The molecule has 0 saturated carbocycles. The fourth-order valence-electron chi connectivity index (χ4n) is 6.69. The van der Waals surface area contributed by atoms with Crippen LogP contribution < -0.4 is 0 Å². The maximum Gasteiger partial charge on any atom is -0.00139 e. The van der Waals surface area contributed by atoms with Crippen LogP contribution in [0.1, 0.15) is 0 Å². The second-order valence-corrected chi connectivity index (χ2v) is 10.8. The quantitative estimate of drug-likeness (QED) is 0.198. The van der Waals surface area contributed by atoms with Crippen molar-refractivity contribution in [1.82, 2.24) is 0 Å². The highest BCUT2D eigenvalue weighted by atomic mass is 14.2. The van der Waals surface area contributed by atoms with Crippen LogP contribution >= 0.6 is 0 Å². The molecule has 8 aromatic carbocycles. The van der Waals surface area contributed by atoms with E-state index in [1.807, 2.05) is 0 Å². The lowest BCUT2D eigenvalue weighted by Gasteiger charge is -2.21. The molecule has 0 saturated heterocycles. The zero-order valence-electron chi connectivity index (χ0n) is 23.2. The first-order valence-electron chi connectivity index (χ1n) is 14.5. The smallest absolute Gasteiger partial charge is 0.00139 e. The molecular formula is C42H28. The average molecular weight is 533 g/mol. The van der Waals surface area contributed by atoms with Gasteiger partial charge in [0.2, 0.25) is 0 Å². The summed E-state index contributed by atoms with van der Waals surface area (Å²) in [6, 6.07) is 61.7. The molecule has 0 heterocycles. The highest BCUT2D eigenvalue weighted by Crippen LogP contribution is 2.48. The van der Waals surface area contributed by atoms with Gasteiger partial charge in [-0.3, -0.25) is 0 Å². The third kappa shape index (κ3) is 3.92. The fourth-order valence-corrected chi connectivity index (χ4v) is 6.69. The molecule has 0 atom stereocenters. The summed E-state index contributed by atoms with van der Waals surface area (Å²) >= 11 is 0. The minimum absolute atomic E-state index is 1.23. The lowest BCUT2D eigenvalue weighted by molar-refractivity contribution is 1.61. The van der Waals surface area contributed by atoms with Crippen molar-refractivity contribution in [2.75, 3.05) is 0 Å². The van der Waals surface area contributed by atoms with Crippen LogP contribution in [0, 0.1) is 0 Å². The zero-order chi connectivity index (χ0) is 27.9. The van der Waals surface area contributed by atoms with Gasteiger partial charge in [-0.2, -0.15) is 0 Å². The van der Waals surface area contributed by atoms with E-state index in [9.17, 15) is 0 Å². The van der Waals surface area contributed by atoms with Gasteiger partial charge in [0.05, 0.1) is 0 Å². The van der Waals surface area contributed by atoms with Crippen LogP contribution in [0.4, 0.5) is 0 Å². The summed E-state index contributed by atoms with van der Waals surface area (Å²) in [7, 11) is 0. The third-order valence-electron chi connectivity index (χ3n) is 8.47. The molecule has 0 fully saturated rings. The molecule has 8 aromatic rings. The fraction of sp³-hybridized carbons (Fsp3) is 0. The molecule has 0 nitrogen and oxygen atoms in total. The molecule has 0 unspecified atom stereocenters. The van der Waals surface area contributed by atoms with Gasteiger partial charge in [-0.1, -0.05) is 170 Å². The first kappa shape index (κ1) is 24.3. The van der Waals surface area contributed by atoms with Crippen molar-refractivity contribution in [2.24, 2.45) is 0 Å². The van der Waals surface area contributed by atoms with E-state index in [4.69, 9.17) is 0 Å². The molecule has 42 heavy (non-hydrogen) atoms.